The molecule has 0 radical (unpaired) electrons. The van der Waals surface area contributed by atoms with Crippen molar-refractivity contribution in [3.8, 4) is 5.75 Å². The molecule has 0 fully saturated rings. The van der Waals surface area contributed by atoms with Crippen LogP contribution in [0.5, 0.6) is 5.75 Å². The molecule has 0 atom stereocenters. The highest BCUT2D eigenvalue weighted by Gasteiger charge is 2.24. The predicted molar refractivity (Wildman–Crippen MR) is 137 cm³/mol. The molecule has 3 aromatic rings. The van der Waals surface area contributed by atoms with E-state index in [9.17, 15) is 14.7 Å². The fourth-order valence-electron chi connectivity index (χ4n) is 3.79. The number of nitrogens with zero attached hydrogens (tertiary/aromatic N) is 3. The number of carbonyl (C=O) groups is 2. The van der Waals surface area contributed by atoms with E-state index in [4.69, 9.17) is 4.74 Å². The number of phenolic OH excluding ortho intramolecular Hbond substituents is 1. The number of phenols is 1. The molecule has 3 rings (SSSR count). The molecule has 34 heavy (non-hydrogen) atoms. The van der Waals surface area contributed by atoms with Crippen molar-refractivity contribution < 1.29 is 19.4 Å². The van der Waals surface area contributed by atoms with Crippen molar-refractivity contribution >= 4 is 30.8 Å². The molecule has 0 aliphatic heterocycles. The number of rotatable bonds is 10. The number of imidazole rings is 1. The number of hydrogen-bond acceptors (Lipinski definition) is 5. The molecule has 2 aromatic carbocycles. The third kappa shape index (κ3) is 5.93. The Hall–Kier alpha value is -2.97. The molecular weight excluding hydrogens is 446 g/mol. The van der Waals surface area contributed by atoms with Crippen molar-refractivity contribution in [2.24, 2.45) is 0 Å². The zero-order valence-electron chi connectivity index (χ0n) is 21.0. The maximum atomic E-state index is 13.0. The maximum Gasteiger partial charge on any atom is 0.253 e. The number of aromatic nitrogens is 2. The van der Waals surface area contributed by atoms with E-state index < -0.39 is 8.07 Å². The number of hydrogen-bond donors (Lipinski definition) is 1. The first-order chi connectivity index (χ1) is 16.0. The van der Waals surface area contributed by atoms with Crippen LogP contribution in [-0.2, 0) is 17.9 Å². The molecule has 0 spiro atoms. The summed E-state index contributed by atoms with van der Waals surface area (Å²) in [4.78, 5) is 31.7. The number of amides is 1. The van der Waals surface area contributed by atoms with Gasteiger partial charge in [0.15, 0.2) is 5.78 Å². The van der Waals surface area contributed by atoms with E-state index >= 15 is 0 Å². The highest BCUT2D eigenvalue weighted by molar-refractivity contribution is 6.76. The van der Waals surface area contributed by atoms with Gasteiger partial charge in [0.2, 0.25) is 0 Å². The highest BCUT2D eigenvalue weighted by atomic mass is 28.3. The molecule has 0 saturated heterocycles. The third-order valence-electron chi connectivity index (χ3n) is 5.87. The third-order valence-corrected chi connectivity index (χ3v) is 7.57. The van der Waals surface area contributed by atoms with Crippen LogP contribution in [0.3, 0.4) is 0 Å². The number of ether oxygens (including phenoxy) is 1. The Balaban J connectivity index is 1.95. The molecular formula is C26H35N3O4Si. The first-order valence-corrected chi connectivity index (χ1v) is 15.3. The molecule has 1 N–H and O–H groups in total. The van der Waals surface area contributed by atoms with Crippen LogP contribution in [0.4, 0.5) is 0 Å². The van der Waals surface area contributed by atoms with Crippen LogP contribution in [0.15, 0.2) is 36.4 Å². The Morgan fingerprint density at radius 3 is 2.44 bits per heavy atom. The van der Waals surface area contributed by atoms with Gasteiger partial charge in [-0.15, -0.1) is 0 Å². The van der Waals surface area contributed by atoms with Gasteiger partial charge in [-0.3, -0.25) is 9.59 Å². The van der Waals surface area contributed by atoms with E-state index in [1.54, 1.807) is 32.3 Å². The first kappa shape index (κ1) is 25.6. The van der Waals surface area contributed by atoms with Crippen molar-refractivity contribution in [3.05, 3.63) is 58.9 Å². The van der Waals surface area contributed by atoms with Gasteiger partial charge in [0.25, 0.3) is 5.91 Å². The second kappa shape index (κ2) is 10.5. The molecule has 1 amide bonds. The molecule has 7 nitrogen and oxygen atoms in total. The lowest BCUT2D eigenvalue weighted by molar-refractivity contribution is 0.0823. The highest BCUT2D eigenvalue weighted by Crippen LogP contribution is 2.34. The van der Waals surface area contributed by atoms with E-state index in [1.165, 1.54) is 4.90 Å². The minimum atomic E-state index is -1.21. The summed E-state index contributed by atoms with van der Waals surface area (Å²) < 4.78 is 7.80. The van der Waals surface area contributed by atoms with Gasteiger partial charge in [-0.05, 0) is 25.5 Å². The van der Waals surface area contributed by atoms with Crippen LogP contribution in [0.25, 0.3) is 11.0 Å². The fraction of sp³-hybridized carbons (Fsp3) is 0.423. The van der Waals surface area contributed by atoms with E-state index in [-0.39, 0.29) is 30.3 Å². The molecule has 182 valence electrons. The summed E-state index contributed by atoms with van der Waals surface area (Å²) in [5.74, 6) is 0.372. The van der Waals surface area contributed by atoms with Gasteiger partial charge in [0.1, 0.15) is 23.8 Å². The minimum absolute atomic E-state index is 0.0409. The predicted octanol–water partition coefficient (Wildman–Crippen LogP) is 4.88. The maximum absolute atomic E-state index is 13.0. The van der Waals surface area contributed by atoms with E-state index in [1.807, 2.05) is 29.7 Å². The van der Waals surface area contributed by atoms with Crippen LogP contribution >= 0.6 is 0 Å². The first-order valence-electron chi connectivity index (χ1n) is 11.6. The molecule has 1 aromatic heterocycles. The minimum Gasteiger partial charge on any atom is -0.505 e. The summed E-state index contributed by atoms with van der Waals surface area (Å²) in [6.07, 6.45) is 0.416. The van der Waals surface area contributed by atoms with Gasteiger partial charge in [-0.25, -0.2) is 4.98 Å². The summed E-state index contributed by atoms with van der Waals surface area (Å²) in [7, 11) is 2.13. The number of carbonyl (C=O) groups excluding carboxylic acids is 2. The van der Waals surface area contributed by atoms with Crippen LogP contribution in [0.1, 0.15) is 38.5 Å². The van der Waals surface area contributed by atoms with Gasteiger partial charge in [-0.1, -0.05) is 50.0 Å². The molecule has 0 saturated carbocycles. The second-order valence-electron chi connectivity index (χ2n) is 10.0. The Kier molecular flexibility index (Phi) is 7.94. The number of fused-ring (bicyclic) bond motifs is 1. The monoisotopic (exact) mass is 481 g/mol. The lowest BCUT2D eigenvalue weighted by Crippen LogP contribution is -2.23. The Morgan fingerprint density at radius 1 is 1.15 bits per heavy atom. The number of benzene rings is 2. The molecule has 0 aliphatic carbocycles. The van der Waals surface area contributed by atoms with E-state index in [0.717, 1.165) is 6.04 Å². The van der Waals surface area contributed by atoms with Gasteiger partial charge in [0.05, 0.1) is 5.52 Å². The van der Waals surface area contributed by atoms with Crippen molar-refractivity contribution in [3.63, 3.8) is 0 Å². The number of ketones is 1. The molecule has 8 heteroatoms. The number of aryl methyl sites for hydroxylation is 1. The van der Waals surface area contributed by atoms with Gasteiger partial charge in [-0.2, -0.15) is 0 Å². The van der Waals surface area contributed by atoms with Crippen molar-refractivity contribution in [1.82, 2.24) is 14.5 Å². The largest absolute Gasteiger partial charge is 0.505 e. The summed E-state index contributed by atoms with van der Waals surface area (Å²) in [5, 5.41) is 11.2. The molecule has 0 unspecified atom stereocenters. The van der Waals surface area contributed by atoms with Crippen molar-refractivity contribution in [2.75, 3.05) is 20.7 Å². The van der Waals surface area contributed by atoms with Gasteiger partial charge >= 0.3 is 0 Å². The Bertz CT molecular complexity index is 1180. The van der Waals surface area contributed by atoms with Crippen LogP contribution in [0.2, 0.25) is 25.7 Å². The zero-order valence-corrected chi connectivity index (χ0v) is 22.0. The van der Waals surface area contributed by atoms with Gasteiger partial charge < -0.3 is 19.3 Å². The van der Waals surface area contributed by atoms with Crippen LogP contribution in [0, 0.1) is 6.92 Å². The molecule has 0 aliphatic rings. The topological polar surface area (TPSA) is 84.7 Å². The SMILES string of the molecule is Cc1nc2c(O)c(CCC(=O)c3ccccc3)c(C(=O)N(C)C)cc2n1COCC[Si](C)(C)C. The van der Waals surface area contributed by atoms with Crippen molar-refractivity contribution in [1.29, 1.82) is 0 Å². The molecule has 1 heterocycles. The second-order valence-corrected chi connectivity index (χ2v) is 15.7. The number of aromatic hydroxyl groups is 1. The summed E-state index contributed by atoms with van der Waals surface area (Å²) in [6.45, 7) is 9.71. The quantitative estimate of drug-likeness (QED) is 0.253. The Morgan fingerprint density at radius 2 is 1.82 bits per heavy atom. The van der Waals surface area contributed by atoms with Crippen LogP contribution < -0.4 is 0 Å². The number of Topliss-reactive ketones (excluding diaryl/α,β-unsaturated/α-hetero) is 1. The van der Waals surface area contributed by atoms with Gasteiger partial charge in [0, 0.05) is 51.9 Å². The summed E-state index contributed by atoms with van der Waals surface area (Å²) in [5.41, 5.74) is 2.49. The Labute approximate surface area is 202 Å². The van der Waals surface area contributed by atoms with Crippen LogP contribution in [-0.4, -0.2) is 60.0 Å². The lowest BCUT2D eigenvalue weighted by Gasteiger charge is -2.17. The standard InChI is InChI=1S/C26H35N3O4Si/c1-18-27-24-22(29(18)17-33-14-15-34(4,5)6)16-21(26(32)28(2)3)20(25(24)31)12-13-23(30)19-10-8-7-9-11-19/h7-11,16,31H,12-15,17H2,1-6H3. The average Bonchev–Trinajstić information content (AvgIpc) is 3.10. The summed E-state index contributed by atoms with van der Waals surface area (Å²) in [6, 6.07) is 11.8. The normalized spacial score (nSPS) is 11.7. The summed E-state index contributed by atoms with van der Waals surface area (Å²) >= 11 is 0. The fourth-order valence-corrected chi connectivity index (χ4v) is 4.54. The zero-order chi connectivity index (χ0) is 25.0. The lowest BCUT2D eigenvalue weighted by atomic mass is 9.96. The van der Waals surface area contributed by atoms with E-state index in [2.05, 4.69) is 24.6 Å². The average molecular weight is 482 g/mol. The van der Waals surface area contributed by atoms with E-state index in [0.29, 0.717) is 46.9 Å². The smallest absolute Gasteiger partial charge is 0.253 e. The molecule has 0 bridgehead atoms. The van der Waals surface area contributed by atoms with Crippen molar-refractivity contribution in [2.45, 2.75) is 52.2 Å².